The molecule has 1 amide bonds. The van der Waals surface area contributed by atoms with E-state index in [1.54, 1.807) is 0 Å². The number of carbonyl (C=O) groups excluding carboxylic acids is 1. The minimum atomic E-state index is 0.0844. The van der Waals surface area contributed by atoms with E-state index in [0.717, 1.165) is 31.5 Å². The van der Waals surface area contributed by atoms with Crippen molar-refractivity contribution in [2.24, 2.45) is 5.92 Å². The molecule has 1 aromatic rings. The molecule has 0 aliphatic carbocycles. The van der Waals surface area contributed by atoms with Gasteiger partial charge in [0, 0.05) is 36.7 Å². The zero-order valence-electron chi connectivity index (χ0n) is 14.7. The van der Waals surface area contributed by atoms with E-state index in [9.17, 15) is 4.79 Å². The van der Waals surface area contributed by atoms with Gasteiger partial charge in [-0.1, -0.05) is 29.8 Å². The number of hydrogen-bond donors (Lipinski definition) is 1. The summed E-state index contributed by atoms with van der Waals surface area (Å²) in [7, 11) is 0. The summed E-state index contributed by atoms with van der Waals surface area (Å²) in [5, 5.41) is 9.84. The van der Waals surface area contributed by atoms with Gasteiger partial charge in [-0.3, -0.25) is 4.79 Å². The lowest BCUT2D eigenvalue weighted by Gasteiger charge is -2.36. The monoisotopic (exact) mass is 352 g/mol. The maximum Gasteiger partial charge on any atom is 0.226 e. The van der Waals surface area contributed by atoms with Crippen LogP contribution in [-0.2, 0) is 11.3 Å². The molecule has 0 saturated carbocycles. The second kappa shape index (κ2) is 9.40. The molecule has 134 valence electrons. The standard InChI is InChI=1S/C19H29ClN2O2/c1-15(2)21-11-8-16(9-12-21)19(24)22(10-5-13-23)14-17-6-3-4-7-18(17)20/h3-4,6-7,15-16,23H,5,8-14H2,1-2H3. The minimum absolute atomic E-state index is 0.0844. The van der Waals surface area contributed by atoms with Crippen LogP contribution < -0.4 is 0 Å². The lowest BCUT2D eigenvalue weighted by molar-refractivity contribution is -0.138. The Morgan fingerprint density at radius 3 is 2.58 bits per heavy atom. The Kier molecular flexibility index (Phi) is 7.53. The van der Waals surface area contributed by atoms with Crippen LogP contribution in [0.25, 0.3) is 0 Å². The van der Waals surface area contributed by atoms with E-state index >= 15 is 0 Å². The molecule has 1 aromatic carbocycles. The van der Waals surface area contributed by atoms with Crippen LogP contribution in [0, 0.1) is 5.92 Å². The Morgan fingerprint density at radius 2 is 2.00 bits per heavy atom. The maximum atomic E-state index is 13.0. The molecular formula is C19H29ClN2O2. The summed E-state index contributed by atoms with van der Waals surface area (Å²) in [4.78, 5) is 17.3. The molecule has 1 fully saturated rings. The second-order valence-corrected chi connectivity index (χ2v) is 7.24. The van der Waals surface area contributed by atoms with E-state index < -0.39 is 0 Å². The SMILES string of the molecule is CC(C)N1CCC(C(=O)N(CCCO)Cc2ccccc2Cl)CC1. The first-order valence-electron chi connectivity index (χ1n) is 8.90. The van der Waals surface area contributed by atoms with Gasteiger partial charge in [-0.2, -0.15) is 0 Å². The number of likely N-dealkylation sites (tertiary alicyclic amines) is 1. The van der Waals surface area contributed by atoms with E-state index in [1.807, 2.05) is 29.2 Å². The number of piperidine rings is 1. The van der Waals surface area contributed by atoms with E-state index in [-0.39, 0.29) is 18.4 Å². The summed E-state index contributed by atoms with van der Waals surface area (Å²) < 4.78 is 0. The molecule has 0 radical (unpaired) electrons. The number of halogens is 1. The smallest absolute Gasteiger partial charge is 0.226 e. The lowest BCUT2D eigenvalue weighted by atomic mass is 9.94. The van der Waals surface area contributed by atoms with Crippen LogP contribution in [0.2, 0.25) is 5.02 Å². The molecule has 1 aliphatic rings. The molecule has 1 aliphatic heterocycles. The average molecular weight is 353 g/mol. The maximum absolute atomic E-state index is 13.0. The predicted octanol–water partition coefficient (Wildman–Crippen LogP) is 3.17. The first kappa shape index (κ1) is 19.2. The zero-order chi connectivity index (χ0) is 17.5. The highest BCUT2D eigenvalue weighted by molar-refractivity contribution is 6.31. The van der Waals surface area contributed by atoms with Crippen LogP contribution in [0.4, 0.5) is 0 Å². The third kappa shape index (κ3) is 5.20. The second-order valence-electron chi connectivity index (χ2n) is 6.83. The van der Waals surface area contributed by atoms with Crippen LogP contribution in [-0.4, -0.2) is 53.1 Å². The molecule has 24 heavy (non-hydrogen) atoms. The van der Waals surface area contributed by atoms with Gasteiger partial charge in [0.15, 0.2) is 0 Å². The predicted molar refractivity (Wildman–Crippen MR) is 98.0 cm³/mol. The largest absolute Gasteiger partial charge is 0.396 e. The van der Waals surface area contributed by atoms with Crippen molar-refractivity contribution in [2.45, 2.75) is 45.7 Å². The van der Waals surface area contributed by atoms with E-state index in [4.69, 9.17) is 16.7 Å². The molecule has 1 heterocycles. The molecule has 0 atom stereocenters. The molecular weight excluding hydrogens is 324 g/mol. The van der Waals surface area contributed by atoms with Gasteiger partial charge in [-0.25, -0.2) is 0 Å². The number of rotatable bonds is 7. The van der Waals surface area contributed by atoms with Crippen molar-refractivity contribution in [3.63, 3.8) is 0 Å². The molecule has 5 heteroatoms. The van der Waals surface area contributed by atoms with E-state index in [2.05, 4.69) is 18.7 Å². The topological polar surface area (TPSA) is 43.8 Å². The normalized spacial score (nSPS) is 16.5. The Balaban J connectivity index is 2.02. The van der Waals surface area contributed by atoms with E-state index in [1.165, 1.54) is 0 Å². The molecule has 0 spiro atoms. The van der Waals surface area contributed by atoms with Crippen molar-refractivity contribution >= 4 is 17.5 Å². The number of carbonyl (C=O) groups is 1. The average Bonchev–Trinajstić information content (AvgIpc) is 2.59. The van der Waals surface area contributed by atoms with E-state index in [0.29, 0.717) is 30.6 Å². The van der Waals surface area contributed by atoms with Crippen molar-refractivity contribution in [3.8, 4) is 0 Å². The number of hydrogen-bond acceptors (Lipinski definition) is 3. The van der Waals surface area contributed by atoms with Gasteiger partial charge in [-0.05, 0) is 57.8 Å². The molecule has 1 N–H and O–H groups in total. The third-order valence-electron chi connectivity index (χ3n) is 4.83. The Morgan fingerprint density at radius 1 is 1.33 bits per heavy atom. The third-order valence-corrected chi connectivity index (χ3v) is 5.19. The fourth-order valence-corrected chi connectivity index (χ4v) is 3.48. The van der Waals surface area contributed by atoms with Crippen LogP contribution >= 0.6 is 11.6 Å². The van der Waals surface area contributed by atoms with Gasteiger partial charge in [0.1, 0.15) is 0 Å². The van der Waals surface area contributed by atoms with Gasteiger partial charge < -0.3 is 14.9 Å². The number of aliphatic hydroxyl groups is 1. The zero-order valence-corrected chi connectivity index (χ0v) is 15.5. The molecule has 0 aromatic heterocycles. The summed E-state index contributed by atoms with van der Waals surface area (Å²) >= 11 is 6.25. The number of aliphatic hydroxyl groups excluding tert-OH is 1. The van der Waals surface area contributed by atoms with Gasteiger partial charge in [0.2, 0.25) is 5.91 Å². The molecule has 1 saturated heterocycles. The lowest BCUT2D eigenvalue weighted by Crippen LogP contribution is -2.44. The van der Waals surface area contributed by atoms with Crippen molar-refractivity contribution in [1.29, 1.82) is 0 Å². The quantitative estimate of drug-likeness (QED) is 0.819. The molecule has 4 nitrogen and oxygen atoms in total. The van der Waals surface area contributed by atoms with Gasteiger partial charge in [0.05, 0.1) is 0 Å². The summed E-state index contributed by atoms with van der Waals surface area (Å²) in [6, 6.07) is 8.19. The Hall–Kier alpha value is -1.10. The highest BCUT2D eigenvalue weighted by atomic mass is 35.5. The first-order chi connectivity index (χ1) is 11.5. The fraction of sp³-hybridized carbons (Fsp3) is 0.632. The number of nitrogens with zero attached hydrogens (tertiary/aromatic N) is 2. The minimum Gasteiger partial charge on any atom is -0.396 e. The highest BCUT2D eigenvalue weighted by Crippen LogP contribution is 2.24. The molecule has 0 bridgehead atoms. The summed E-state index contributed by atoms with van der Waals surface area (Å²) in [6.45, 7) is 7.55. The first-order valence-corrected chi connectivity index (χ1v) is 9.27. The van der Waals surface area contributed by atoms with Gasteiger partial charge in [-0.15, -0.1) is 0 Å². The van der Waals surface area contributed by atoms with Gasteiger partial charge in [0.25, 0.3) is 0 Å². The molecule has 0 unspecified atom stereocenters. The summed E-state index contributed by atoms with van der Waals surface area (Å²) in [5.74, 6) is 0.285. The fourth-order valence-electron chi connectivity index (χ4n) is 3.28. The van der Waals surface area contributed by atoms with Crippen molar-refractivity contribution in [1.82, 2.24) is 9.80 Å². The van der Waals surface area contributed by atoms with Crippen LogP contribution in [0.15, 0.2) is 24.3 Å². The van der Waals surface area contributed by atoms with Crippen LogP contribution in [0.3, 0.4) is 0 Å². The number of benzene rings is 1. The van der Waals surface area contributed by atoms with Crippen LogP contribution in [0.1, 0.15) is 38.7 Å². The van der Waals surface area contributed by atoms with Gasteiger partial charge >= 0.3 is 0 Å². The van der Waals surface area contributed by atoms with Crippen LogP contribution in [0.5, 0.6) is 0 Å². The van der Waals surface area contributed by atoms with Crippen molar-refractivity contribution < 1.29 is 9.90 Å². The highest BCUT2D eigenvalue weighted by Gasteiger charge is 2.29. The number of amides is 1. The molecule has 2 rings (SSSR count). The Labute approximate surface area is 150 Å². The summed E-state index contributed by atoms with van der Waals surface area (Å²) in [6.07, 6.45) is 2.42. The Bertz CT molecular complexity index is 528. The van der Waals surface area contributed by atoms with Crippen molar-refractivity contribution in [3.05, 3.63) is 34.9 Å². The summed E-state index contributed by atoms with van der Waals surface area (Å²) in [5.41, 5.74) is 0.963. The van der Waals surface area contributed by atoms with Crippen molar-refractivity contribution in [2.75, 3.05) is 26.2 Å².